The molecule has 0 unspecified atom stereocenters. The van der Waals surface area contributed by atoms with E-state index in [1.54, 1.807) is 60.7 Å². The predicted octanol–water partition coefficient (Wildman–Crippen LogP) is 0.323. The minimum Gasteiger partial charge on any atom is -0.748 e. The second-order valence-electron chi connectivity index (χ2n) is 6.47. The fourth-order valence-corrected chi connectivity index (χ4v) is 3.28. The largest absolute Gasteiger partial charge is 2.00 e. The van der Waals surface area contributed by atoms with E-state index < -0.39 is 31.7 Å². The molecule has 2 aromatic carbocycles. The average Bonchev–Trinajstić information content (AvgIpc) is 2.74. The molecule has 0 atom stereocenters. The van der Waals surface area contributed by atoms with Crippen LogP contribution in [-0.2, 0) is 20.2 Å². The first-order valence-corrected chi connectivity index (χ1v) is 12.7. The SMILES string of the molecule is O=C(NCCCS(=O)(=O)[O-])c1ccccc1.O=C(NCCCS(=O)(=O)[O-])c1ccccc1.[Ca+2]. The fourth-order valence-electron chi connectivity index (χ4n) is 2.28. The van der Waals surface area contributed by atoms with Crippen LogP contribution in [-0.4, -0.2) is 100 Å². The van der Waals surface area contributed by atoms with E-state index in [4.69, 9.17) is 0 Å². The van der Waals surface area contributed by atoms with E-state index >= 15 is 0 Å². The van der Waals surface area contributed by atoms with Crippen molar-refractivity contribution >= 4 is 69.8 Å². The Labute approximate surface area is 223 Å². The van der Waals surface area contributed by atoms with Gasteiger partial charge in [0.2, 0.25) is 0 Å². The van der Waals surface area contributed by atoms with Crippen molar-refractivity contribution in [2.45, 2.75) is 12.8 Å². The maximum Gasteiger partial charge on any atom is 2.00 e. The molecule has 0 aliphatic rings. The molecule has 2 rings (SSSR count). The molecule has 13 heteroatoms. The number of nitrogens with one attached hydrogen (secondary N) is 2. The molecule has 10 nitrogen and oxygen atoms in total. The summed E-state index contributed by atoms with van der Waals surface area (Å²) in [5, 5.41) is 5.06. The Balaban J connectivity index is 0.000000602. The Morgan fingerprint density at radius 1 is 0.636 bits per heavy atom. The van der Waals surface area contributed by atoms with E-state index in [0.29, 0.717) is 11.1 Å². The van der Waals surface area contributed by atoms with Crippen LogP contribution in [0.4, 0.5) is 0 Å². The van der Waals surface area contributed by atoms with Crippen molar-refractivity contribution in [2.24, 2.45) is 0 Å². The molecule has 0 saturated carbocycles. The summed E-state index contributed by atoms with van der Waals surface area (Å²) < 4.78 is 61.7. The molecule has 0 bridgehead atoms. The molecule has 0 aromatic heterocycles. The molecule has 33 heavy (non-hydrogen) atoms. The minimum absolute atomic E-state index is 0. The summed E-state index contributed by atoms with van der Waals surface area (Å²) in [6.07, 6.45) is 0.259. The van der Waals surface area contributed by atoms with Gasteiger partial charge in [-0.3, -0.25) is 9.59 Å². The maximum atomic E-state index is 11.4. The van der Waals surface area contributed by atoms with Crippen LogP contribution >= 0.6 is 0 Å². The summed E-state index contributed by atoms with van der Waals surface area (Å²) in [7, 11) is -8.38. The second kappa shape index (κ2) is 16.1. The van der Waals surface area contributed by atoms with E-state index in [1.165, 1.54) is 0 Å². The van der Waals surface area contributed by atoms with Crippen molar-refractivity contribution in [3.8, 4) is 0 Å². The van der Waals surface area contributed by atoms with Gasteiger partial charge in [-0.2, -0.15) is 0 Å². The molecular weight excluding hydrogens is 500 g/mol. The van der Waals surface area contributed by atoms with Gasteiger partial charge < -0.3 is 19.7 Å². The molecule has 2 amide bonds. The maximum absolute atomic E-state index is 11.4. The zero-order chi connectivity index (χ0) is 24.0. The Morgan fingerprint density at radius 2 is 0.939 bits per heavy atom. The van der Waals surface area contributed by atoms with E-state index in [0.717, 1.165) is 0 Å². The van der Waals surface area contributed by atoms with Crippen LogP contribution in [0.15, 0.2) is 60.7 Å². The number of rotatable bonds is 10. The molecule has 0 saturated heterocycles. The number of carbonyl (C=O) groups is 2. The normalized spacial score (nSPS) is 10.7. The Morgan fingerprint density at radius 3 is 1.21 bits per heavy atom. The van der Waals surface area contributed by atoms with E-state index in [2.05, 4.69) is 10.6 Å². The number of hydrogen-bond acceptors (Lipinski definition) is 8. The van der Waals surface area contributed by atoms with E-state index in [9.17, 15) is 35.5 Å². The minimum atomic E-state index is -4.19. The summed E-state index contributed by atoms with van der Waals surface area (Å²) in [5.74, 6) is -1.46. The van der Waals surface area contributed by atoms with Gasteiger partial charge in [-0.15, -0.1) is 0 Å². The molecule has 0 aliphatic carbocycles. The van der Waals surface area contributed by atoms with Gasteiger partial charge in [-0.25, -0.2) is 16.8 Å². The zero-order valence-electron chi connectivity index (χ0n) is 17.8. The van der Waals surface area contributed by atoms with Crippen LogP contribution in [0.25, 0.3) is 0 Å². The molecule has 0 aliphatic heterocycles. The van der Waals surface area contributed by atoms with Crippen molar-refractivity contribution in [1.82, 2.24) is 10.6 Å². The third-order valence-corrected chi connectivity index (χ3v) is 5.36. The average molecular weight is 525 g/mol. The van der Waals surface area contributed by atoms with Gasteiger partial charge in [-0.05, 0) is 37.1 Å². The molecule has 2 aromatic rings. The van der Waals surface area contributed by atoms with Crippen molar-refractivity contribution in [2.75, 3.05) is 24.6 Å². The van der Waals surface area contributed by atoms with Gasteiger partial charge in [0.15, 0.2) is 0 Å². The Hall–Kier alpha value is -1.54. The third-order valence-electron chi connectivity index (χ3n) is 3.79. The summed E-state index contributed by atoms with van der Waals surface area (Å²) in [6, 6.07) is 17.1. The zero-order valence-corrected chi connectivity index (χ0v) is 21.6. The molecule has 0 spiro atoms. The van der Waals surface area contributed by atoms with Crippen LogP contribution in [0.2, 0.25) is 0 Å². The fraction of sp³-hybridized carbons (Fsp3) is 0.300. The van der Waals surface area contributed by atoms with Crippen molar-refractivity contribution in [3.63, 3.8) is 0 Å². The van der Waals surface area contributed by atoms with Gasteiger partial charge in [0.25, 0.3) is 11.8 Å². The first-order valence-electron chi connectivity index (χ1n) is 9.51. The first kappa shape index (κ1) is 31.5. The van der Waals surface area contributed by atoms with Gasteiger partial charge in [0, 0.05) is 35.7 Å². The number of carbonyl (C=O) groups excluding carboxylic acids is 2. The van der Waals surface area contributed by atoms with Gasteiger partial charge in [0.1, 0.15) is 0 Å². The second-order valence-corrected chi connectivity index (χ2v) is 9.52. The standard InChI is InChI=1S/2C10H13NO4S.Ca/c2*12-10(9-5-2-1-3-6-9)11-7-4-8-16(13,14)15;/h2*1-3,5-6H,4,7-8H2,(H,11,12)(H,13,14,15);/q;;+2/p-2. The van der Waals surface area contributed by atoms with Crippen molar-refractivity contribution in [1.29, 1.82) is 0 Å². The van der Waals surface area contributed by atoms with Crippen LogP contribution in [0.1, 0.15) is 33.6 Å². The van der Waals surface area contributed by atoms with Crippen LogP contribution < -0.4 is 10.6 Å². The van der Waals surface area contributed by atoms with E-state index in [1.807, 2.05) is 0 Å². The molecule has 2 N–H and O–H groups in total. The predicted molar refractivity (Wildman–Crippen MR) is 122 cm³/mol. The number of amides is 2. The van der Waals surface area contributed by atoms with Crippen molar-refractivity contribution < 1.29 is 35.5 Å². The third kappa shape index (κ3) is 16.7. The molecular formula is C20H24CaN2O8S2. The van der Waals surface area contributed by atoms with E-state index in [-0.39, 0.29) is 75.5 Å². The summed E-state index contributed by atoms with van der Waals surface area (Å²) >= 11 is 0. The van der Waals surface area contributed by atoms with Crippen molar-refractivity contribution in [3.05, 3.63) is 71.8 Å². The Kier molecular flexibility index (Phi) is 15.4. The monoisotopic (exact) mass is 524 g/mol. The van der Waals surface area contributed by atoms with Crippen LogP contribution in [0.3, 0.4) is 0 Å². The molecule has 176 valence electrons. The quantitative estimate of drug-likeness (QED) is 0.254. The van der Waals surface area contributed by atoms with Crippen LogP contribution in [0.5, 0.6) is 0 Å². The smallest absolute Gasteiger partial charge is 0.748 e. The summed E-state index contributed by atoms with van der Waals surface area (Å²) in [6.45, 7) is 0.352. The van der Waals surface area contributed by atoms with Gasteiger partial charge in [-0.1, -0.05) is 36.4 Å². The Bertz CT molecular complexity index is 976. The molecule has 0 fully saturated rings. The van der Waals surface area contributed by atoms with Gasteiger partial charge in [0.05, 0.1) is 20.2 Å². The summed E-state index contributed by atoms with van der Waals surface area (Å²) in [5.41, 5.74) is 1.01. The summed E-state index contributed by atoms with van der Waals surface area (Å²) in [4.78, 5) is 22.9. The topological polar surface area (TPSA) is 173 Å². The number of benzene rings is 2. The van der Waals surface area contributed by atoms with Gasteiger partial charge >= 0.3 is 37.7 Å². The van der Waals surface area contributed by atoms with Crippen LogP contribution in [0, 0.1) is 0 Å². The molecule has 0 heterocycles. The number of hydrogen-bond donors (Lipinski definition) is 2. The molecule has 0 radical (unpaired) electrons. The first-order chi connectivity index (χ1) is 15.0.